The minimum Gasteiger partial charge on any atom is -0.305 e. The maximum atomic E-state index is 8.87. The summed E-state index contributed by atoms with van der Waals surface area (Å²) in [6, 6.07) is 0. The molecular weight excluding hydrogens is 68.0 g/mol. The van der Waals surface area contributed by atoms with Gasteiger partial charge in [0.2, 0.25) is 0 Å². The summed E-state index contributed by atoms with van der Waals surface area (Å²) in [4.78, 5) is 3.14. The topological polar surface area (TPSA) is 29.1 Å². The molecule has 0 saturated carbocycles. The Bertz CT molecular complexity index is 51.9. The highest BCUT2D eigenvalue weighted by Gasteiger charge is 1.49. The molecule has 0 amide bonds. The average molecular weight is 71.1 g/mol. The molecule has 1 radical (unpaired) electrons. The molecule has 0 aromatic heterocycles. The van der Waals surface area contributed by atoms with Crippen molar-refractivity contribution in [1.82, 2.24) is 0 Å². The molecule has 27 valence electrons. The Morgan fingerprint density at radius 2 is 2.60 bits per heavy atom. The summed E-state index contributed by atoms with van der Waals surface area (Å²) >= 11 is 0. The molecule has 0 fully saturated rings. The van der Waals surface area contributed by atoms with Gasteiger partial charge in [-0.2, -0.15) is 0 Å². The van der Waals surface area contributed by atoms with E-state index in [9.17, 15) is 0 Å². The molecule has 0 atom stereocenters. The van der Waals surface area contributed by atoms with Crippen molar-refractivity contribution < 1.29 is 10.1 Å². The Morgan fingerprint density at radius 3 is 2.60 bits per heavy atom. The molecule has 0 aromatic rings. The van der Waals surface area contributed by atoms with Gasteiger partial charge in [0, 0.05) is 5.26 Å². The third-order valence-electron chi connectivity index (χ3n) is 0.131. The summed E-state index contributed by atoms with van der Waals surface area (Å²) in [5.74, 6) is 0. The molecule has 0 heterocycles. The van der Waals surface area contributed by atoms with Crippen LogP contribution in [0.25, 0.3) is 0 Å². The first-order valence-electron chi connectivity index (χ1n) is 1.04. The van der Waals surface area contributed by atoms with Gasteiger partial charge >= 0.3 is 0 Å². The van der Waals surface area contributed by atoms with E-state index in [0.29, 0.717) is 0 Å². The summed E-state index contributed by atoms with van der Waals surface area (Å²) in [7, 11) is 0. The monoisotopic (exact) mass is 71.0 g/mol. The summed E-state index contributed by atoms with van der Waals surface area (Å²) < 4.78 is 0. The Labute approximate surface area is 29.9 Å². The lowest BCUT2D eigenvalue weighted by Gasteiger charge is -1.63. The fourth-order valence-electron chi connectivity index (χ4n) is 0.0340. The highest BCUT2D eigenvalue weighted by molar-refractivity contribution is 4.61. The smallest absolute Gasteiger partial charge is 0.174 e. The average Bonchev–Trinajstić information content (AvgIpc) is 1.41. The van der Waals surface area contributed by atoms with Crippen LogP contribution in [0.2, 0.25) is 0 Å². The van der Waals surface area contributed by atoms with Gasteiger partial charge in [-0.25, -0.2) is 0 Å². The number of hydrogen-bond acceptors (Lipinski definition) is 1. The summed E-state index contributed by atoms with van der Waals surface area (Å²) in [5.41, 5.74) is 2.11. The van der Waals surface area contributed by atoms with Crippen LogP contribution in [-0.4, -0.2) is 0 Å². The van der Waals surface area contributed by atoms with Crippen LogP contribution in [0.5, 0.6) is 0 Å². The van der Waals surface area contributed by atoms with Crippen molar-refractivity contribution >= 4 is 0 Å². The van der Waals surface area contributed by atoms with E-state index in [1.807, 2.05) is 0 Å². The van der Waals surface area contributed by atoms with E-state index in [0.717, 1.165) is 6.26 Å². The minimum absolute atomic E-state index is 0.833. The first kappa shape index (κ1) is 4.28. The highest BCUT2D eigenvalue weighted by atomic mass is 17.1. The van der Waals surface area contributed by atoms with Gasteiger partial charge < -0.3 is 4.89 Å². The minimum atomic E-state index is 0.833. The fraction of sp³-hybridized carbons (Fsp3) is 0. The zero-order valence-electron chi connectivity index (χ0n) is 2.60. The largest absolute Gasteiger partial charge is 0.305 e. The second-order valence-corrected chi connectivity index (χ2v) is 0.418. The first-order valence-corrected chi connectivity index (χ1v) is 1.04. The van der Waals surface area contributed by atoms with Crippen LogP contribution < -0.4 is 0 Å². The molecule has 0 aliphatic rings. The molecule has 0 saturated heterocycles. The van der Waals surface area contributed by atoms with Crippen molar-refractivity contribution in [2.45, 2.75) is 0 Å². The van der Waals surface area contributed by atoms with Gasteiger partial charge in [-0.3, -0.25) is 0 Å². The summed E-state index contributed by atoms with van der Waals surface area (Å²) in [6.07, 6.45) is 0.833. The third-order valence-corrected chi connectivity index (χ3v) is 0.131. The zero-order chi connectivity index (χ0) is 4.12. The van der Waals surface area contributed by atoms with Crippen molar-refractivity contribution in [2.24, 2.45) is 0 Å². The van der Waals surface area contributed by atoms with Gasteiger partial charge in [0.05, 0.1) is 0 Å². The van der Waals surface area contributed by atoms with E-state index in [4.69, 9.17) is 5.26 Å². The van der Waals surface area contributed by atoms with E-state index < -0.39 is 0 Å². The Morgan fingerprint density at radius 1 is 2.00 bits per heavy atom. The van der Waals surface area contributed by atoms with Crippen molar-refractivity contribution in [1.29, 1.82) is 0 Å². The maximum Gasteiger partial charge on any atom is 0.174 e. The lowest BCUT2D eigenvalue weighted by atomic mass is 11.0. The van der Waals surface area contributed by atoms with Crippen LogP contribution in [-0.2, 0) is 10.1 Å². The van der Waals surface area contributed by atoms with E-state index >= 15 is 0 Å². The van der Waals surface area contributed by atoms with Crippen LogP contribution in [0.3, 0.4) is 0 Å². The zero-order valence-corrected chi connectivity index (χ0v) is 2.60. The van der Waals surface area contributed by atoms with Gasteiger partial charge in [-0.15, -0.1) is 0 Å². The molecule has 0 aliphatic carbocycles. The van der Waals surface area contributed by atoms with Crippen LogP contribution in [0.4, 0.5) is 0 Å². The van der Waals surface area contributed by atoms with E-state index in [1.54, 1.807) is 0 Å². The molecule has 0 unspecified atom stereocenters. The maximum absolute atomic E-state index is 8.87. The molecule has 5 heavy (non-hydrogen) atoms. The van der Waals surface area contributed by atoms with Gasteiger partial charge in [0.15, 0.2) is 6.26 Å². The van der Waals surface area contributed by atoms with Gasteiger partial charge in [-0.05, 0) is 0 Å². The molecule has 0 spiro atoms. The molecule has 0 N–H and O–H groups in total. The highest BCUT2D eigenvalue weighted by Crippen LogP contribution is 1.58. The lowest BCUT2D eigenvalue weighted by Crippen LogP contribution is -1.53. The summed E-state index contributed by atoms with van der Waals surface area (Å²) in [5, 5.41) is 8.87. The lowest BCUT2D eigenvalue weighted by molar-refractivity contribution is -0.254. The molecule has 2 nitrogen and oxygen atoms in total. The number of rotatable bonds is 1. The third kappa shape index (κ3) is 3.28. The van der Waals surface area contributed by atoms with E-state index in [-0.39, 0.29) is 0 Å². The quantitative estimate of drug-likeness (QED) is 0.193. The normalized spacial score (nSPS) is 5.00. The second kappa shape index (κ2) is 3.28. The van der Waals surface area contributed by atoms with Crippen molar-refractivity contribution in [3.63, 3.8) is 0 Å². The Hall–Kier alpha value is -0.720. The molecule has 0 rings (SSSR count). The van der Waals surface area contributed by atoms with Gasteiger partial charge in [0.1, 0.15) is 0 Å². The van der Waals surface area contributed by atoms with Crippen molar-refractivity contribution in [2.75, 3.05) is 0 Å². The fourth-order valence-corrected chi connectivity index (χ4v) is 0.0340. The molecule has 0 aliphatic heterocycles. The SMILES string of the molecule is C=C=CO[O]. The van der Waals surface area contributed by atoms with Crippen molar-refractivity contribution in [3.8, 4) is 0 Å². The van der Waals surface area contributed by atoms with Gasteiger partial charge in [0.25, 0.3) is 0 Å². The standard InChI is InChI=1S/C3H3O2/c1-2-3-5-4/h3H,1H2. The van der Waals surface area contributed by atoms with Crippen LogP contribution >= 0.6 is 0 Å². The number of hydrogen-bond donors (Lipinski definition) is 0. The van der Waals surface area contributed by atoms with E-state index in [1.165, 1.54) is 0 Å². The molecule has 0 bridgehead atoms. The van der Waals surface area contributed by atoms with Gasteiger partial charge in [-0.1, -0.05) is 12.3 Å². The predicted molar refractivity (Wildman–Crippen MR) is 15.5 cm³/mol. The van der Waals surface area contributed by atoms with Crippen LogP contribution in [0.1, 0.15) is 0 Å². The predicted octanol–water partition coefficient (Wildman–Crippen LogP) is 0.647. The second-order valence-electron chi connectivity index (χ2n) is 0.418. The molecule has 2 heteroatoms. The Balaban J connectivity index is 2.93. The van der Waals surface area contributed by atoms with Crippen molar-refractivity contribution in [3.05, 3.63) is 18.6 Å². The van der Waals surface area contributed by atoms with E-state index in [2.05, 4.69) is 17.2 Å². The molecular formula is C3H3O2. The van der Waals surface area contributed by atoms with Crippen LogP contribution in [0.15, 0.2) is 18.6 Å². The molecule has 0 aromatic carbocycles. The van der Waals surface area contributed by atoms with Crippen LogP contribution in [0, 0.1) is 0 Å². The first-order chi connectivity index (χ1) is 2.41. The Kier molecular flexibility index (Phi) is 2.81. The summed E-state index contributed by atoms with van der Waals surface area (Å²) in [6.45, 7) is 3.04.